The van der Waals surface area contributed by atoms with Crippen LogP contribution in [-0.4, -0.2) is 52.2 Å². The van der Waals surface area contributed by atoms with Gasteiger partial charge in [-0.2, -0.15) is 21.6 Å². The molecule has 1 amide bonds. The van der Waals surface area contributed by atoms with Crippen LogP contribution in [-0.2, 0) is 37.1 Å². The Morgan fingerprint density at radius 1 is 1.18 bits per heavy atom. The van der Waals surface area contributed by atoms with E-state index in [-0.39, 0.29) is 37.5 Å². The molecule has 180 valence electrons. The normalized spacial score (nSPS) is 16.5. The number of para-hydroxylation sites is 1. The monoisotopic (exact) mass is 487 g/mol. The number of ether oxygens (including phenoxy) is 2. The van der Waals surface area contributed by atoms with E-state index < -0.39 is 26.8 Å². The summed E-state index contributed by atoms with van der Waals surface area (Å²) in [5, 5.41) is 0. The van der Waals surface area contributed by atoms with Gasteiger partial charge in [-0.05, 0) is 37.1 Å². The standard InChI is InChI=1S/C22H24F3NO6S/c1-30-15-21(27)26(14-18-8-5-11-31-18)13-16-6-2-3-10-20(16)32-33(28,29)19-9-4-7-17(12-19)22(23,24)25/h2-4,6-7,9-10,12,18H,5,8,11,13-15H2,1H3. The van der Waals surface area contributed by atoms with Crippen molar-refractivity contribution in [1.82, 2.24) is 4.90 Å². The van der Waals surface area contributed by atoms with E-state index in [9.17, 15) is 26.4 Å². The molecule has 0 radical (unpaired) electrons. The number of methoxy groups -OCH3 is 1. The Hall–Kier alpha value is -2.63. The summed E-state index contributed by atoms with van der Waals surface area (Å²) in [4.78, 5) is 13.4. The van der Waals surface area contributed by atoms with Crippen LogP contribution in [0.25, 0.3) is 0 Å². The highest BCUT2D eigenvalue weighted by Gasteiger charge is 2.32. The van der Waals surface area contributed by atoms with Crippen LogP contribution in [0.1, 0.15) is 24.0 Å². The number of alkyl halides is 3. The molecule has 0 bridgehead atoms. The predicted molar refractivity (Wildman–Crippen MR) is 112 cm³/mol. The Kier molecular flexibility index (Phi) is 7.98. The molecule has 1 heterocycles. The third-order valence-corrected chi connectivity index (χ3v) is 6.28. The van der Waals surface area contributed by atoms with Gasteiger partial charge in [0.1, 0.15) is 17.3 Å². The number of benzene rings is 2. The van der Waals surface area contributed by atoms with E-state index >= 15 is 0 Å². The molecule has 1 saturated heterocycles. The first-order valence-corrected chi connectivity index (χ1v) is 11.6. The van der Waals surface area contributed by atoms with Gasteiger partial charge < -0.3 is 18.6 Å². The lowest BCUT2D eigenvalue weighted by Gasteiger charge is -2.26. The molecule has 1 aliphatic heterocycles. The maximum atomic E-state index is 13.0. The van der Waals surface area contributed by atoms with E-state index in [1.54, 1.807) is 12.1 Å². The van der Waals surface area contributed by atoms with E-state index in [0.29, 0.717) is 18.2 Å². The maximum absolute atomic E-state index is 13.0. The van der Waals surface area contributed by atoms with Gasteiger partial charge in [0.05, 0.1) is 11.7 Å². The topological polar surface area (TPSA) is 82.1 Å². The third-order valence-electron chi connectivity index (χ3n) is 5.05. The molecule has 3 rings (SSSR count). The zero-order chi connectivity index (χ0) is 24.1. The van der Waals surface area contributed by atoms with Crippen molar-refractivity contribution >= 4 is 16.0 Å². The summed E-state index contributed by atoms with van der Waals surface area (Å²) in [6, 6.07) is 9.45. The highest BCUT2D eigenvalue weighted by atomic mass is 32.2. The largest absolute Gasteiger partial charge is 0.416 e. The highest BCUT2D eigenvalue weighted by molar-refractivity contribution is 7.87. The molecule has 1 fully saturated rings. The minimum atomic E-state index is -4.70. The van der Waals surface area contributed by atoms with Crippen LogP contribution in [0.15, 0.2) is 53.4 Å². The van der Waals surface area contributed by atoms with Crippen molar-refractivity contribution in [3.63, 3.8) is 0 Å². The number of nitrogens with zero attached hydrogens (tertiary/aromatic N) is 1. The average molecular weight is 487 g/mol. The summed E-state index contributed by atoms with van der Waals surface area (Å²) in [6.07, 6.45) is -3.17. The first kappa shape index (κ1) is 25.0. The molecule has 1 atom stereocenters. The van der Waals surface area contributed by atoms with Crippen LogP contribution in [0.2, 0.25) is 0 Å². The second-order valence-corrected chi connectivity index (χ2v) is 9.06. The number of hydrogen-bond acceptors (Lipinski definition) is 6. The minimum absolute atomic E-state index is 0.0103. The quantitative estimate of drug-likeness (QED) is 0.503. The fourth-order valence-corrected chi connectivity index (χ4v) is 4.43. The van der Waals surface area contributed by atoms with Gasteiger partial charge in [0.2, 0.25) is 5.91 Å². The molecule has 0 saturated carbocycles. The molecule has 11 heteroatoms. The number of carbonyl (C=O) groups excluding carboxylic acids is 1. The fraction of sp³-hybridized carbons (Fsp3) is 0.409. The summed E-state index contributed by atoms with van der Waals surface area (Å²) in [7, 11) is -3.17. The van der Waals surface area contributed by atoms with Gasteiger partial charge in [0, 0.05) is 32.4 Å². The Bertz CT molecular complexity index is 1070. The Morgan fingerprint density at radius 2 is 1.94 bits per heavy atom. The molecule has 0 aromatic heterocycles. The first-order valence-electron chi connectivity index (χ1n) is 10.2. The summed E-state index contributed by atoms with van der Waals surface area (Å²) >= 11 is 0. The number of amides is 1. The van der Waals surface area contributed by atoms with Gasteiger partial charge in [-0.1, -0.05) is 24.3 Å². The molecule has 0 aliphatic carbocycles. The molecule has 33 heavy (non-hydrogen) atoms. The molecule has 1 aliphatic rings. The molecule has 0 N–H and O–H groups in total. The summed E-state index contributed by atoms with van der Waals surface area (Å²) in [5.74, 6) is -0.402. The number of halogens is 3. The SMILES string of the molecule is COCC(=O)N(Cc1ccccc1OS(=O)(=O)c1cccc(C(F)(F)F)c1)CC1CCCO1. The van der Waals surface area contributed by atoms with Gasteiger partial charge in [-0.25, -0.2) is 0 Å². The van der Waals surface area contributed by atoms with Crippen LogP contribution in [0, 0.1) is 0 Å². The lowest BCUT2D eigenvalue weighted by molar-refractivity contribution is -0.138. The van der Waals surface area contributed by atoms with Gasteiger partial charge in [-0.15, -0.1) is 0 Å². The van der Waals surface area contributed by atoms with E-state index in [2.05, 4.69) is 0 Å². The predicted octanol–water partition coefficient (Wildman–Crippen LogP) is 3.63. The van der Waals surface area contributed by atoms with Crippen molar-refractivity contribution in [2.45, 2.75) is 36.6 Å². The molecular weight excluding hydrogens is 463 g/mol. The molecular formula is C22H24F3NO6S. The van der Waals surface area contributed by atoms with Gasteiger partial charge in [-0.3, -0.25) is 4.79 Å². The molecule has 2 aromatic rings. The van der Waals surface area contributed by atoms with Gasteiger partial charge in [0.25, 0.3) is 0 Å². The summed E-state index contributed by atoms with van der Waals surface area (Å²) in [5.41, 5.74) is -0.733. The van der Waals surface area contributed by atoms with E-state index in [1.807, 2.05) is 0 Å². The van der Waals surface area contributed by atoms with E-state index in [0.717, 1.165) is 31.0 Å². The van der Waals surface area contributed by atoms with Crippen LogP contribution in [0.4, 0.5) is 13.2 Å². The van der Waals surface area contributed by atoms with Crippen molar-refractivity contribution in [3.8, 4) is 5.75 Å². The van der Waals surface area contributed by atoms with E-state index in [1.165, 1.54) is 24.1 Å². The zero-order valence-electron chi connectivity index (χ0n) is 17.9. The highest BCUT2D eigenvalue weighted by Crippen LogP contribution is 2.32. The van der Waals surface area contributed by atoms with Crippen molar-refractivity contribution in [2.75, 3.05) is 26.9 Å². The second kappa shape index (κ2) is 10.5. The molecule has 2 aromatic carbocycles. The number of hydrogen-bond donors (Lipinski definition) is 0. The van der Waals surface area contributed by atoms with Gasteiger partial charge in [0.15, 0.2) is 0 Å². The molecule has 7 nitrogen and oxygen atoms in total. The van der Waals surface area contributed by atoms with Crippen molar-refractivity contribution in [2.24, 2.45) is 0 Å². The van der Waals surface area contributed by atoms with Crippen LogP contribution in [0.3, 0.4) is 0 Å². The zero-order valence-corrected chi connectivity index (χ0v) is 18.7. The summed E-state index contributed by atoms with van der Waals surface area (Å²) < 4.78 is 80.2. The third kappa shape index (κ3) is 6.68. The lowest BCUT2D eigenvalue weighted by Crippen LogP contribution is -2.39. The number of carbonyl (C=O) groups is 1. The Balaban J connectivity index is 1.85. The first-order chi connectivity index (χ1) is 15.6. The van der Waals surface area contributed by atoms with Crippen LogP contribution in [0.5, 0.6) is 5.75 Å². The fourth-order valence-electron chi connectivity index (χ4n) is 3.42. The van der Waals surface area contributed by atoms with Gasteiger partial charge >= 0.3 is 16.3 Å². The summed E-state index contributed by atoms with van der Waals surface area (Å²) in [6.45, 7) is 0.734. The van der Waals surface area contributed by atoms with Crippen LogP contribution >= 0.6 is 0 Å². The smallest absolute Gasteiger partial charge is 0.379 e. The Labute approximate surface area is 190 Å². The minimum Gasteiger partial charge on any atom is -0.379 e. The lowest BCUT2D eigenvalue weighted by atomic mass is 10.1. The number of rotatable bonds is 9. The van der Waals surface area contributed by atoms with Crippen molar-refractivity contribution < 1.29 is 40.0 Å². The molecule has 1 unspecified atom stereocenters. The van der Waals surface area contributed by atoms with Crippen molar-refractivity contribution in [3.05, 3.63) is 59.7 Å². The van der Waals surface area contributed by atoms with Crippen LogP contribution < -0.4 is 4.18 Å². The van der Waals surface area contributed by atoms with E-state index in [4.69, 9.17) is 13.7 Å². The second-order valence-electron chi connectivity index (χ2n) is 7.51. The maximum Gasteiger partial charge on any atom is 0.416 e. The Morgan fingerprint density at radius 3 is 2.61 bits per heavy atom. The van der Waals surface area contributed by atoms with Crippen molar-refractivity contribution in [1.29, 1.82) is 0 Å². The average Bonchev–Trinajstić information content (AvgIpc) is 3.27. The molecule has 0 spiro atoms.